The molecule has 0 radical (unpaired) electrons. The van der Waals surface area contributed by atoms with Crippen molar-refractivity contribution in [2.75, 3.05) is 13.1 Å². The van der Waals surface area contributed by atoms with Gasteiger partial charge in [0, 0.05) is 16.7 Å². The average molecular weight is 373 g/mol. The number of hydrogen-bond acceptors (Lipinski definition) is 2. The summed E-state index contributed by atoms with van der Waals surface area (Å²) in [6.45, 7) is 2.55. The minimum Gasteiger partial charge on any atom is -0.481 e. The summed E-state index contributed by atoms with van der Waals surface area (Å²) in [5, 5.41) is 9.15. The van der Waals surface area contributed by atoms with E-state index >= 15 is 0 Å². The lowest BCUT2D eigenvalue weighted by Crippen LogP contribution is -2.35. The molecule has 0 saturated carbocycles. The molecule has 1 fully saturated rings. The van der Waals surface area contributed by atoms with Gasteiger partial charge in [-0.2, -0.15) is 0 Å². The molecule has 1 aromatic carbocycles. The predicted octanol–water partition coefficient (Wildman–Crippen LogP) is 2.16. The monoisotopic (exact) mass is 373 g/mol. The number of carboxylic acid groups (broad SMARTS) is 1. The van der Waals surface area contributed by atoms with Gasteiger partial charge < -0.3 is 10.0 Å². The van der Waals surface area contributed by atoms with Gasteiger partial charge in [-0.25, -0.2) is 0 Å². The average Bonchev–Trinajstić information content (AvgIpc) is 2.76. The fourth-order valence-corrected chi connectivity index (χ4v) is 2.60. The zero-order valence-corrected chi connectivity index (χ0v) is 12.9. The van der Waals surface area contributed by atoms with Gasteiger partial charge in [0.1, 0.15) is 0 Å². The molecule has 5 heteroatoms. The van der Waals surface area contributed by atoms with Crippen LogP contribution in [0.15, 0.2) is 24.3 Å². The number of hydrogen-bond donors (Lipinski definition) is 1. The second-order valence-corrected chi connectivity index (χ2v) is 6.48. The Bertz CT molecular complexity index is 500. The SMILES string of the molecule is CC1(C(=O)O)CCN(C(=O)Cc2ccc(I)cc2)C1. The van der Waals surface area contributed by atoms with Crippen LogP contribution in [0.2, 0.25) is 0 Å². The molecule has 0 spiro atoms. The summed E-state index contributed by atoms with van der Waals surface area (Å²) in [6, 6.07) is 7.81. The van der Waals surface area contributed by atoms with Crippen LogP contribution in [0.3, 0.4) is 0 Å². The molecule has 1 atom stereocenters. The first-order valence-corrected chi connectivity index (χ1v) is 7.24. The lowest BCUT2D eigenvalue weighted by molar-refractivity contribution is -0.147. The van der Waals surface area contributed by atoms with Crippen molar-refractivity contribution in [3.05, 3.63) is 33.4 Å². The summed E-state index contributed by atoms with van der Waals surface area (Å²) in [6.07, 6.45) is 0.868. The van der Waals surface area contributed by atoms with Crippen molar-refractivity contribution in [1.29, 1.82) is 0 Å². The van der Waals surface area contributed by atoms with Crippen molar-refractivity contribution in [2.24, 2.45) is 5.41 Å². The van der Waals surface area contributed by atoms with E-state index in [0.717, 1.165) is 9.13 Å². The van der Waals surface area contributed by atoms with Crippen molar-refractivity contribution in [1.82, 2.24) is 4.90 Å². The number of carbonyl (C=O) groups excluding carboxylic acids is 1. The number of rotatable bonds is 3. The number of aliphatic carboxylic acids is 1. The Morgan fingerprint density at radius 2 is 2.00 bits per heavy atom. The first-order chi connectivity index (χ1) is 8.90. The maximum absolute atomic E-state index is 12.1. The smallest absolute Gasteiger partial charge is 0.311 e. The van der Waals surface area contributed by atoms with Crippen LogP contribution in [0.25, 0.3) is 0 Å². The third-order valence-electron chi connectivity index (χ3n) is 3.61. The zero-order valence-electron chi connectivity index (χ0n) is 10.7. The van der Waals surface area contributed by atoms with Crippen molar-refractivity contribution in [2.45, 2.75) is 19.8 Å². The van der Waals surface area contributed by atoms with Crippen LogP contribution in [0.5, 0.6) is 0 Å². The first kappa shape index (κ1) is 14.3. The van der Waals surface area contributed by atoms with Crippen molar-refractivity contribution in [3.8, 4) is 0 Å². The highest BCUT2D eigenvalue weighted by molar-refractivity contribution is 14.1. The quantitative estimate of drug-likeness (QED) is 0.827. The Labute approximate surface area is 125 Å². The van der Waals surface area contributed by atoms with Gasteiger partial charge >= 0.3 is 5.97 Å². The molecule has 102 valence electrons. The molecule has 19 heavy (non-hydrogen) atoms. The maximum Gasteiger partial charge on any atom is 0.311 e. The van der Waals surface area contributed by atoms with Crippen molar-refractivity contribution in [3.63, 3.8) is 0 Å². The van der Waals surface area contributed by atoms with Crippen molar-refractivity contribution >= 4 is 34.5 Å². The van der Waals surface area contributed by atoms with Crippen LogP contribution >= 0.6 is 22.6 Å². The molecule has 1 unspecified atom stereocenters. The fraction of sp³-hybridized carbons (Fsp3) is 0.429. The Hall–Kier alpha value is -1.11. The molecule has 2 rings (SSSR count). The minimum absolute atomic E-state index is 0.00573. The van der Waals surface area contributed by atoms with Gasteiger partial charge in [-0.05, 0) is 53.6 Å². The topological polar surface area (TPSA) is 57.6 Å². The van der Waals surface area contributed by atoms with Crippen molar-refractivity contribution < 1.29 is 14.7 Å². The van der Waals surface area contributed by atoms with E-state index in [1.165, 1.54) is 0 Å². The second-order valence-electron chi connectivity index (χ2n) is 5.23. The normalized spacial score (nSPS) is 22.5. The van der Waals surface area contributed by atoms with Gasteiger partial charge in [0.2, 0.25) is 5.91 Å². The Balaban J connectivity index is 1.98. The highest BCUT2D eigenvalue weighted by Gasteiger charge is 2.41. The molecule has 1 amide bonds. The Kier molecular flexibility index (Phi) is 4.13. The number of amides is 1. The number of carbonyl (C=O) groups is 2. The number of carboxylic acids is 1. The summed E-state index contributed by atoms with van der Waals surface area (Å²) in [7, 11) is 0. The highest BCUT2D eigenvalue weighted by Crippen LogP contribution is 2.30. The molecule has 0 bridgehead atoms. The third-order valence-corrected chi connectivity index (χ3v) is 4.33. The number of likely N-dealkylation sites (tertiary alicyclic amines) is 1. The second kappa shape index (κ2) is 5.48. The molecule has 1 saturated heterocycles. The van der Waals surface area contributed by atoms with E-state index in [0.29, 0.717) is 25.9 Å². The molecular formula is C14H16INO3. The molecule has 0 aliphatic carbocycles. The third kappa shape index (κ3) is 3.26. The minimum atomic E-state index is -0.822. The van der Waals surface area contributed by atoms with Crippen LogP contribution < -0.4 is 0 Å². The molecule has 1 heterocycles. The van der Waals surface area contributed by atoms with E-state index in [-0.39, 0.29) is 5.91 Å². The maximum atomic E-state index is 12.1. The summed E-state index contributed by atoms with van der Waals surface area (Å²) < 4.78 is 1.13. The summed E-state index contributed by atoms with van der Waals surface area (Å²) in [5.74, 6) is -0.816. The fourth-order valence-electron chi connectivity index (χ4n) is 2.24. The lowest BCUT2D eigenvalue weighted by Gasteiger charge is -2.20. The zero-order chi connectivity index (χ0) is 14.0. The van der Waals surface area contributed by atoms with Crippen LogP contribution in [0, 0.1) is 8.99 Å². The summed E-state index contributed by atoms with van der Waals surface area (Å²) in [5.41, 5.74) is 0.177. The van der Waals surface area contributed by atoms with Crippen LogP contribution in [0.4, 0.5) is 0 Å². The Morgan fingerprint density at radius 3 is 2.53 bits per heavy atom. The molecule has 4 nitrogen and oxygen atoms in total. The van der Waals surface area contributed by atoms with E-state index in [4.69, 9.17) is 5.11 Å². The number of nitrogens with zero attached hydrogens (tertiary/aromatic N) is 1. The van der Waals surface area contributed by atoms with Gasteiger partial charge in [0.15, 0.2) is 0 Å². The van der Waals surface area contributed by atoms with E-state index in [1.54, 1.807) is 11.8 Å². The van der Waals surface area contributed by atoms with E-state index in [9.17, 15) is 9.59 Å². The van der Waals surface area contributed by atoms with Crippen LogP contribution in [0.1, 0.15) is 18.9 Å². The molecule has 0 aromatic heterocycles. The highest BCUT2D eigenvalue weighted by atomic mass is 127. The van der Waals surface area contributed by atoms with E-state index in [2.05, 4.69) is 22.6 Å². The van der Waals surface area contributed by atoms with Crippen LogP contribution in [-0.4, -0.2) is 35.0 Å². The number of benzene rings is 1. The van der Waals surface area contributed by atoms with Gasteiger partial charge in [-0.3, -0.25) is 9.59 Å². The van der Waals surface area contributed by atoms with Gasteiger partial charge in [0.25, 0.3) is 0 Å². The van der Waals surface area contributed by atoms with E-state index in [1.807, 2.05) is 24.3 Å². The summed E-state index contributed by atoms with van der Waals surface area (Å²) >= 11 is 2.22. The van der Waals surface area contributed by atoms with Gasteiger partial charge in [0.05, 0.1) is 11.8 Å². The molecular weight excluding hydrogens is 357 g/mol. The molecule has 1 aliphatic heterocycles. The standard InChI is InChI=1S/C14H16INO3/c1-14(13(18)19)6-7-16(9-14)12(17)8-10-2-4-11(15)5-3-10/h2-5H,6-9H2,1H3,(H,18,19). The molecule has 1 N–H and O–H groups in total. The first-order valence-electron chi connectivity index (χ1n) is 6.16. The Morgan fingerprint density at radius 1 is 1.37 bits per heavy atom. The predicted molar refractivity (Wildman–Crippen MR) is 79.8 cm³/mol. The number of halogens is 1. The largest absolute Gasteiger partial charge is 0.481 e. The van der Waals surface area contributed by atoms with Crippen LogP contribution in [-0.2, 0) is 16.0 Å². The van der Waals surface area contributed by atoms with Gasteiger partial charge in [-0.1, -0.05) is 12.1 Å². The lowest BCUT2D eigenvalue weighted by atomic mass is 9.90. The van der Waals surface area contributed by atoms with E-state index < -0.39 is 11.4 Å². The van der Waals surface area contributed by atoms with Gasteiger partial charge in [-0.15, -0.1) is 0 Å². The summed E-state index contributed by atoms with van der Waals surface area (Å²) in [4.78, 5) is 24.9. The molecule has 1 aliphatic rings. The molecule has 1 aromatic rings.